The number of nitrogens with two attached hydrogens (primary N) is 1. The number of aryl methyl sites for hydroxylation is 1. The van der Waals surface area contributed by atoms with Crippen molar-refractivity contribution in [2.24, 2.45) is 5.73 Å². The van der Waals surface area contributed by atoms with Gasteiger partial charge in [0.15, 0.2) is 0 Å². The normalized spacial score (nSPS) is 11.7. The summed E-state index contributed by atoms with van der Waals surface area (Å²) in [5.74, 6) is 0. The molecular formula is C14H21F3N2. The van der Waals surface area contributed by atoms with Gasteiger partial charge in [0.25, 0.3) is 0 Å². The third-order valence-corrected chi connectivity index (χ3v) is 2.90. The number of hydrogen-bond donors (Lipinski definition) is 1. The maximum Gasteiger partial charge on any atom is 0.405 e. The zero-order valence-electron chi connectivity index (χ0n) is 11.4. The molecule has 0 spiro atoms. The summed E-state index contributed by atoms with van der Waals surface area (Å²) in [6.45, 7) is 3.75. The van der Waals surface area contributed by atoms with Crippen LogP contribution in [-0.4, -0.2) is 25.8 Å². The first-order valence-electron chi connectivity index (χ1n) is 6.48. The molecule has 0 heterocycles. The van der Waals surface area contributed by atoms with Gasteiger partial charge in [-0.05, 0) is 43.5 Å². The van der Waals surface area contributed by atoms with E-state index >= 15 is 0 Å². The van der Waals surface area contributed by atoms with Crippen molar-refractivity contribution in [1.82, 2.24) is 0 Å². The second kappa shape index (κ2) is 6.80. The molecule has 0 fully saturated rings. The summed E-state index contributed by atoms with van der Waals surface area (Å²) < 4.78 is 37.8. The van der Waals surface area contributed by atoms with Crippen molar-refractivity contribution in [2.75, 3.05) is 24.5 Å². The molecule has 1 aromatic carbocycles. The standard InChI is InChI=1S/C14H21F3N2/c1-3-8-19(10-14(15,16)17)13-5-4-12(6-7-18)9-11(13)2/h4-5,9H,3,6-8,10,18H2,1-2H3. The quantitative estimate of drug-likeness (QED) is 0.862. The Hall–Kier alpha value is -1.23. The third kappa shape index (κ3) is 5.11. The van der Waals surface area contributed by atoms with Crippen LogP contribution in [0.15, 0.2) is 18.2 Å². The van der Waals surface area contributed by atoms with Crippen LogP contribution < -0.4 is 10.6 Å². The molecule has 0 aromatic heterocycles. The Morgan fingerprint density at radius 3 is 2.42 bits per heavy atom. The molecule has 0 aliphatic rings. The number of halogens is 3. The Morgan fingerprint density at radius 1 is 1.26 bits per heavy atom. The van der Waals surface area contributed by atoms with Crippen LogP contribution >= 0.6 is 0 Å². The highest BCUT2D eigenvalue weighted by Gasteiger charge is 2.31. The SMILES string of the molecule is CCCN(CC(F)(F)F)c1ccc(CCN)cc1C. The minimum atomic E-state index is -4.18. The number of anilines is 1. The fourth-order valence-corrected chi connectivity index (χ4v) is 2.17. The zero-order chi connectivity index (χ0) is 14.5. The lowest BCUT2D eigenvalue weighted by molar-refractivity contribution is -0.119. The molecule has 0 atom stereocenters. The largest absolute Gasteiger partial charge is 0.405 e. The van der Waals surface area contributed by atoms with E-state index in [1.165, 1.54) is 4.90 Å². The van der Waals surface area contributed by atoms with Crippen LogP contribution in [0, 0.1) is 6.92 Å². The maximum absolute atomic E-state index is 12.6. The van der Waals surface area contributed by atoms with Crippen LogP contribution in [0.1, 0.15) is 24.5 Å². The molecule has 0 aliphatic heterocycles. The predicted octanol–water partition coefficient (Wildman–Crippen LogP) is 3.27. The van der Waals surface area contributed by atoms with Gasteiger partial charge in [0.1, 0.15) is 6.54 Å². The van der Waals surface area contributed by atoms with Crippen molar-refractivity contribution in [3.63, 3.8) is 0 Å². The Labute approximate surface area is 112 Å². The van der Waals surface area contributed by atoms with E-state index in [4.69, 9.17) is 5.73 Å². The van der Waals surface area contributed by atoms with E-state index in [-0.39, 0.29) is 0 Å². The first kappa shape index (κ1) is 15.8. The molecule has 0 aliphatic carbocycles. The second-order valence-electron chi connectivity index (χ2n) is 4.70. The Balaban J connectivity index is 2.95. The Bertz CT molecular complexity index is 402. The van der Waals surface area contributed by atoms with E-state index in [1.807, 2.05) is 26.0 Å². The Morgan fingerprint density at radius 2 is 1.95 bits per heavy atom. The molecule has 19 heavy (non-hydrogen) atoms. The molecule has 0 unspecified atom stereocenters. The fraction of sp³-hybridized carbons (Fsp3) is 0.571. The summed E-state index contributed by atoms with van der Waals surface area (Å²) in [5, 5.41) is 0. The van der Waals surface area contributed by atoms with Gasteiger partial charge in [-0.1, -0.05) is 19.1 Å². The first-order chi connectivity index (χ1) is 8.87. The number of alkyl halides is 3. The van der Waals surface area contributed by atoms with Gasteiger partial charge >= 0.3 is 6.18 Å². The molecule has 0 bridgehead atoms. The third-order valence-electron chi connectivity index (χ3n) is 2.90. The van der Waals surface area contributed by atoms with E-state index in [1.54, 1.807) is 6.07 Å². The molecule has 108 valence electrons. The van der Waals surface area contributed by atoms with Gasteiger partial charge in [0, 0.05) is 12.2 Å². The van der Waals surface area contributed by atoms with Crippen molar-refractivity contribution in [3.05, 3.63) is 29.3 Å². The molecule has 0 amide bonds. The predicted molar refractivity (Wildman–Crippen MR) is 72.5 cm³/mol. The van der Waals surface area contributed by atoms with E-state index in [0.717, 1.165) is 17.5 Å². The van der Waals surface area contributed by atoms with Crippen LogP contribution in [0.2, 0.25) is 0 Å². The van der Waals surface area contributed by atoms with E-state index in [9.17, 15) is 13.2 Å². The Kier molecular flexibility index (Phi) is 5.66. The summed E-state index contributed by atoms with van der Waals surface area (Å²) in [5.41, 5.74) is 8.06. The summed E-state index contributed by atoms with van der Waals surface area (Å²) in [7, 11) is 0. The smallest absolute Gasteiger partial charge is 0.362 e. The van der Waals surface area contributed by atoms with Gasteiger partial charge in [-0.15, -0.1) is 0 Å². The van der Waals surface area contributed by atoms with Crippen LogP contribution in [0.25, 0.3) is 0 Å². The summed E-state index contributed by atoms with van der Waals surface area (Å²) in [6.07, 6.45) is -2.76. The van der Waals surface area contributed by atoms with Gasteiger partial charge in [-0.2, -0.15) is 13.2 Å². The van der Waals surface area contributed by atoms with E-state index in [2.05, 4.69) is 0 Å². The van der Waals surface area contributed by atoms with Crippen molar-refractivity contribution in [1.29, 1.82) is 0 Å². The lowest BCUT2D eigenvalue weighted by Gasteiger charge is -2.27. The highest BCUT2D eigenvalue weighted by Crippen LogP contribution is 2.26. The molecule has 1 rings (SSSR count). The van der Waals surface area contributed by atoms with E-state index in [0.29, 0.717) is 25.2 Å². The summed E-state index contributed by atoms with van der Waals surface area (Å²) >= 11 is 0. The van der Waals surface area contributed by atoms with Gasteiger partial charge in [0.2, 0.25) is 0 Å². The van der Waals surface area contributed by atoms with Crippen molar-refractivity contribution < 1.29 is 13.2 Å². The van der Waals surface area contributed by atoms with Crippen molar-refractivity contribution in [2.45, 2.75) is 32.9 Å². The van der Waals surface area contributed by atoms with Crippen LogP contribution in [-0.2, 0) is 6.42 Å². The lowest BCUT2D eigenvalue weighted by atomic mass is 10.1. The average Bonchev–Trinajstić information content (AvgIpc) is 2.27. The lowest BCUT2D eigenvalue weighted by Crippen LogP contribution is -2.35. The number of rotatable bonds is 6. The highest BCUT2D eigenvalue weighted by atomic mass is 19.4. The van der Waals surface area contributed by atoms with Crippen molar-refractivity contribution in [3.8, 4) is 0 Å². The molecule has 0 radical (unpaired) electrons. The topological polar surface area (TPSA) is 29.3 Å². The van der Waals surface area contributed by atoms with Gasteiger partial charge < -0.3 is 10.6 Å². The average molecular weight is 274 g/mol. The summed E-state index contributed by atoms with van der Waals surface area (Å²) in [6, 6.07) is 5.54. The zero-order valence-corrected chi connectivity index (χ0v) is 11.4. The molecule has 2 nitrogen and oxygen atoms in total. The van der Waals surface area contributed by atoms with E-state index < -0.39 is 12.7 Å². The molecular weight excluding hydrogens is 253 g/mol. The molecule has 0 saturated heterocycles. The maximum atomic E-state index is 12.6. The van der Waals surface area contributed by atoms with Gasteiger partial charge in [-0.25, -0.2) is 0 Å². The fourth-order valence-electron chi connectivity index (χ4n) is 2.17. The summed E-state index contributed by atoms with van der Waals surface area (Å²) in [4.78, 5) is 1.39. The van der Waals surface area contributed by atoms with Crippen molar-refractivity contribution >= 4 is 5.69 Å². The van der Waals surface area contributed by atoms with Crippen LogP contribution in [0.3, 0.4) is 0 Å². The highest BCUT2D eigenvalue weighted by molar-refractivity contribution is 5.54. The van der Waals surface area contributed by atoms with Gasteiger partial charge in [-0.3, -0.25) is 0 Å². The van der Waals surface area contributed by atoms with Gasteiger partial charge in [0.05, 0.1) is 0 Å². The molecule has 2 N–H and O–H groups in total. The second-order valence-corrected chi connectivity index (χ2v) is 4.70. The minimum absolute atomic E-state index is 0.399. The number of nitrogens with zero attached hydrogens (tertiary/aromatic N) is 1. The monoisotopic (exact) mass is 274 g/mol. The number of hydrogen-bond acceptors (Lipinski definition) is 2. The van der Waals surface area contributed by atoms with Crippen LogP contribution in [0.5, 0.6) is 0 Å². The molecule has 5 heteroatoms. The number of benzene rings is 1. The molecule has 1 aromatic rings. The minimum Gasteiger partial charge on any atom is -0.362 e. The van der Waals surface area contributed by atoms with Crippen LogP contribution in [0.4, 0.5) is 18.9 Å². The molecule has 0 saturated carbocycles. The first-order valence-corrected chi connectivity index (χ1v) is 6.48.